The van der Waals surface area contributed by atoms with E-state index in [1.165, 1.54) is 16.7 Å². The Morgan fingerprint density at radius 3 is 2.42 bits per heavy atom. The summed E-state index contributed by atoms with van der Waals surface area (Å²) in [6.07, 6.45) is 2.09. The molecule has 1 fully saturated rings. The van der Waals surface area contributed by atoms with Crippen molar-refractivity contribution in [2.24, 2.45) is 0 Å². The van der Waals surface area contributed by atoms with Crippen LogP contribution in [0.1, 0.15) is 29.2 Å². The lowest BCUT2D eigenvalue weighted by Gasteiger charge is -2.34. The van der Waals surface area contributed by atoms with Gasteiger partial charge in [0.2, 0.25) is 5.91 Å². The van der Waals surface area contributed by atoms with Gasteiger partial charge in [-0.2, -0.15) is 0 Å². The molecule has 136 valence electrons. The topological polar surface area (TPSA) is 35.6 Å². The third-order valence-corrected chi connectivity index (χ3v) is 5.55. The Labute approximate surface area is 155 Å². The van der Waals surface area contributed by atoms with Crippen LogP contribution in [-0.2, 0) is 17.8 Å². The molecule has 1 N–H and O–H groups in total. The summed E-state index contributed by atoms with van der Waals surface area (Å²) in [5, 5.41) is 3.24. The molecule has 1 atom stereocenters. The molecule has 1 amide bonds. The molecule has 26 heavy (non-hydrogen) atoms. The molecule has 0 spiro atoms. The highest BCUT2D eigenvalue weighted by molar-refractivity contribution is 5.78. The van der Waals surface area contributed by atoms with E-state index in [1.54, 1.807) is 0 Å². The minimum atomic E-state index is 0.156. The van der Waals surface area contributed by atoms with Gasteiger partial charge in [-0.05, 0) is 29.5 Å². The van der Waals surface area contributed by atoms with Crippen molar-refractivity contribution in [1.29, 1.82) is 0 Å². The first-order valence-electron chi connectivity index (χ1n) is 9.64. The summed E-state index contributed by atoms with van der Waals surface area (Å²) in [6.45, 7) is 5.48. The van der Waals surface area contributed by atoms with Crippen LogP contribution in [0.4, 0.5) is 0 Å². The maximum Gasteiger partial charge on any atom is 0.234 e. The molecule has 1 aliphatic carbocycles. The quantitative estimate of drug-likeness (QED) is 0.901. The Morgan fingerprint density at radius 1 is 0.923 bits per heavy atom. The highest BCUT2D eigenvalue weighted by atomic mass is 16.2. The first kappa shape index (κ1) is 17.3. The number of piperazine rings is 1. The second-order valence-electron chi connectivity index (χ2n) is 7.40. The predicted molar refractivity (Wildman–Crippen MR) is 104 cm³/mol. The Kier molecular flexibility index (Phi) is 5.32. The van der Waals surface area contributed by atoms with Crippen molar-refractivity contribution < 1.29 is 4.79 Å². The normalized spacial score (nSPS) is 20.7. The number of fused-ring (bicyclic) bond motifs is 1. The van der Waals surface area contributed by atoms with E-state index in [0.29, 0.717) is 6.54 Å². The van der Waals surface area contributed by atoms with Crippen LogP contribution in [0.3, 0.4) is 0 Å². The minimum absolute atomic E-state index is 0.156. The molecule has 2 aromatic carbocycles. The Balaban J connectivity index is 1.23. The molecule has 4 heteroatoms. The number of benzene rings is 2. The average Bonchev–Trinajstić information content (AvgIpc) is 3.07. The van der Waals surface area contributed by atoms with Crippen LogP contribution in [0.2, 0.25) is 0 Å². The highest BCUT2D eigenvalue weighted by Crippen LogP contribution is 2.30. The van der Waals surface area contributed by atoms with Crippen molar-refractivity contribution in [3.05, 3.63) is 71.3 Å². The van der Waals surface area contributed by atoms with Crippen molar-refractivity contribution in [2.75, 3.05) is 32.7 Å². The van der Waals surface area contributed by atoms with Crippen molar-refractivity contribution in [3.8, 4) is 0 Å². The van der Waals surface area contributed by atoms with Crippen LogP contribution in [-0.4, -0.2) is 48.4 Å². The number of hydrogen-bond donors (Lipinski definition) is 1. The van der Waals surface area contributed by atoms with Crippen molar-refractivity contribution in [2.45, 2.75) is 25.4 Å². The van der Waals surface area contributed by atoms with Crippen LogP contribution in [0.15, 0.2) is 54.6 Å². The maximum absolute atomic E-state index is 12.5. The molecule has 4 nitrogen and oxygen atoms in total. The zero-order valence-electron chi connectivity index (χ0n) is 15.2. The number of amides is 1. The van der Waals surface area contributed by atoms with E-state index in [1.807, 2.05) is 0 Å². The van der Waals surface area contributed by atoms with E-state index in [4.69, 9.17) is 0 Å². The molecule has 1 heterocycles. The monoisotopic (exact) mass is 349 g/mol. The molecular weight excluding hydrogens is 322 g/mol. The zero-order chi connectivity index (χ0) is 17.8. The second kappa shape index (κ2) is 8.02. The summed E-state index contributed by atoms with van der Waals surface area (Å²) in [7, 11) is 0. The number of hydrogen-bond acceptors (Lipinski definition) is 3. The van der Waals surface area contributed by atoms with Gasteiger partial charge in [0, 0.05) is 32.7 Å². The summed E-state index contributed by atoms with van der Waals surface area (Å²) in [4.78, 5) is 17.2. The molecule has 1 aliphatic heterocycles. The van der Waals surface area contributed by atoms with Gasteiger partial charge in [0.15, 0.2) is 0 Å². The largest absolute Gasteiger partial charge is 0.348 e. The number of carbonyl (C=O) groups is 1. The van der Waals surface area contributed by atoms with Gasteiger partial charge < -0.3 is 5.32 Å². The number of aryl methyl sites for hydroxylation is 1. The van der Waals surface area contributed by atoms with Gasteiger partial charge in [-0.3, -0.25) is 14.6 Å². The standard InChI is InChI=1S/C22H27N3O/c26-22(23-21-11-10-19-8-4-5-9-20(19)21)17-25-14-12-24(13-15-25)16-18-6-2-1-3-7-18/h1-9,21H,10-17H2,(H,23,26)/t21-/m1/s1. The molecule has 2 aromatic rings. The summed E-state index contributed by atoms with van der Waals surface area (Å²) in [6, 6.07) is 19.3. The fourth-order valence-electron chi connectivity index (χ4n) is 4.10. The van der Waals surface area contributed by atoms with Crippen LogP contribution in [0, 0.1) is 0 Å². The molecule has 0 bridgehead atoms. The highest BCUT2D eigenvalue weighted by Gasteiger charge is 2.25. The molecule has 0 unspecified atom stereocenters. The van der Waals surface area contributed by atoms with Gasteiger partial charge in [0.05, 0.1) is 12.6 Å². The maximum atomic E-state index is 12.5. The third kappa shape index (κ3) is 4.14. The SMILES string of the molecule is O=C(CN1CCN(Cc2ccccc2)CC1)N[C@@H]1CCc2ccccc21. The first-order chi connectivity index (χ1) is 12.8. The van der Waals surface area contributed by atoms with Gasteiger partial charge in [0.1, 0.15) is 0 Å². The van der Waals surface area contributed by atoms with E-state index in [0.717, 1.165) is 45.6 Å². The molecule has 0 aromatic heterocycles. The first-order valence-corrected chi connectivity index (χ1v) is 9.64. The van der Waals surface area contributed by atoms with Gasteiger partial charge in [0.25, 0.3) is 0 Å². The molecule has 0 saturated carbocycles. The molecule has 1 saturated heterocycles. The number of nitrogens with zero attached hydrogens (tertiary/aromatic N) is 2. The smallest absolute Gasteiger partial charge is 0.234 e. The van der Waals surface area contributed by atoms with E-state index >= 15 is 0 Å². The molecular formula is C22H27N3O. The number of rotatable bonds is 5. The summed E-state index contributed by atoms with van der Waals surface area (Å²) in [5.74, 6) is 0.156. The summed E-state index contributed by atoms with van der Waals surface area (Å²) >= 11 is 0. The Bertz CT molecular complexity index is 738. The van der Waals surface area contributed by atoms with E-state index < -0.39 is 0 Å². The zero-order valence-corrected chi connectivity index (χ0v) is 15.2. The Morgan fingerprint density at radius 2 is 1.62 bits per heavy atom. The average molecular weight is 349 g/mol. The number of nitrogens with one attached hydrogen (secondary N) is 1. The fourth-order valence-corrected chi connectivity index (χ4v) is 4.10. The molecule has 0 radical (unpaired) electrons. The molecule has 4 rings (SSSR count). The van der Waals surface area contributed by atoms with Gasteiger partial charge in [-0.15, -0.1) is 0 Å². The Hall–Kier alpha value is -2.17. The van der Waals surface area contributed by atoms with E-state index in [2.05, 4.69) is 69.7 Å². The van der Waals surface area contributed by atoms with Crippen molar-refractivity contribution in [1.82, 2.24) is 15.1 Å². The van der Waals surface area contributed by atoms with Crippen LogP contribution in [0.5, 0.6) is 0 Å². The lowest BCUT2D eigenvalue weighted by molar-refractivity contribution is -0.123. The van der Waals surface area contributed by atoms with Crippen molar-refractivity contribution in [3.63, 3.8) is 0 Å². The van der Waals surface area contributed by atoms with Gasteiger partial charge in [-0.1, -0.05) is 54.6 Å². The van der Waals surface area contributed by atoms with Gasteiger partial charge >= 0.3 is 0 Å². The van der Waals surface area contributed by atoms with Crippen LogP contribution < -0.4 is 5.32 Å². The van der Waals surface area contributed by atoms with E-state index in [-0.39, 0.29) is 11.9 Å². The summed E-state index contributed by atoms with van der Waals surface area (Å²) in [5.41, 5.74) is 4.04. The number of carbonyl (C=O) groups excluding carboxylic acids is 1. The molecule has 2 aliphatic rings. The van der Waals surface area contributed by atoms with Crippen LogP contribution in [0.25, 0.3) is 0 Å². The lowest BCUT2D eigenvalue weighted by atomic mass is 10.1. The van der Waals surface area contributed by atoms with Crippen LogP contribution >= 0.6 is 0 Å². The minimum Gasteiger partial charge on any atom is -0.348 e. The predicted octanol–water partition coefficient (Wildman–Crippen LogP) is 2.61. The third-order valence-electron chi connectivity index (χ3n) is 5.55. The van der Waals surface area contributed by atoms with Gasteiger partial charge in [-0.25, -0.2) is 0 Å². The second-order valence-corrected chi connectivity index (χ2v) is 7.40. The summed E-state index contributed by atoms with van der Waals surface area (Å²) < 4.78 is 0. The lowest BCUT2D eigenvalue weighted by Crippen LogP contribution is -2.49. The van der Waals surface area contributed by atoms with E-state index in [9.17, 15) is 4.79 Å². The van der Waals surface area contributed by atoms with Crippen molar-refractivity contribution >= 4 is 5.91 Å². The fraction of sp³-hybridized carbons (Fsp3) is 0.409.